The molecule has 0 aliphatic heterocycles. The molecular formula is C12H19N3O4S. The molecular weight excluding hydrogens is 282 g/mol. The van der Waals surface area contributed by atoms with Gasteiger partial charge in [-0.3, -0.25) is 4.79 Å². The molecule has 3 N–H and O–H groups in total. The predicted molar refractivity (Wildman–Crippen MR) is 76.8 cm³/mol. The third kappa shape index (κ3) is 5.45. The van der Waals surface area contributed by atoms with Gasteiger partial charge in [-0.15, -0.1) is 0 Å². The van der Waals surface area contributed by atoms with E-state index in [-0.39, 0.29) is 24.8 Å². The Balaban J connectivity index is 2.29. The van der Waals surface area contributed by atoms with E-state index in [4.69, 9.17) is 10.5 Å². The molecule has 0 aromatic heterocycles. The van der Waals surface area contributed by atoms with Crippen LogP contribution in [0.4, 0.5) is 5.69 Å². The lowest BCUT2D eigenvalue weighted by molar-refractivity contribution is -0.122. The average Bonchev–Trinajstić information content (AvgIpc) is 2.37. The summed E-state index contributed by atoms with van der Waals surface area (Å²) in [5, 5.41) is 2.48. The summed E-state index contributed by atoms with van der Waals surface area (Å²) in [6, 6.07) is 6.63. The molecule has 0 atom stereocenters. The molecule has 0 aliphatic rings. The van der Waals surface area contributed by atoms with Crippen LogP contribution in [0.25, 0.3) is 0 Å². The zero-order valence-corrected chi connectivity index (χ0v) is 12.3. The molecule has 0 bridgehead atoms. The van der Waals surface area contributed by atoms with Crippen LogP contribution in [0.15, 0.2) is 24.3 Å². The van der Waals surface area contributed by atoms with E-state index in [0.717, 1.165) is 4.31 Å². The Morgan fingerprint density at radius 2 is 1.90 bits per heavy atom. The summed E-state index contributed by atoms with van der Waals surface area (Å²) < 4.78 is 29.2. The van der Waals surface area contributed by atoms with E-state index >= 15 is 0 Å². The minimum absolute atomic E-state index is 0.0461. The fraction of sp³-hybridized carbons (Fsp3) is 0.417. The smallest absolute Gasteiger partial charge is 0.257 e. The van der Waals surface area contributed by atoms with Crippen molar-refractivity contribution < 1.29 is 17.9 Å². The summed E-state index contributed by atoms with van der Waals surface area (Å²) in [5.41, 5.74) is 6.12. The molecule has 0 saturated heterocycles. The first kappa shape index (κ1) is 16.3. The highest BCUT2D eigenvalue weighted by Gasteiger charge is 2.13. The Kier molecular flexibility index (Phi) is 5.78. The number of amides is 1. The van der Waals surface area contributed by atoms with Crippen LogP contribution in [0.2, 0.25) is 0 Å². The van der Waals surface area contributed by atoms with E-state index in [2.05, 4.69) is 5.32 Å². The number of anilines is 1. The van der Waals surface area contributed by atoms with Crippen molar-refractivity contribution in [2.75, 3.05) is 38.7 Å². The summed E-state index contributed by atoms with van der Waals surface area (Å²) in [6.07, 6.45) is 0. The summed E-state index contributed by atoms with van der Waals surface area (Å²) in [5.74, 6) is -0.000742. The molecule has 8 heteroatoms. The molecule has 1 aromatic carbocycles. The monoisotopic (exact) mass is 301 g/mol. The highest BCUT2D eigenvalue weighted by Crippen LogP contribution is 2.12. The molecule has 20 heavy (non-hydrogen) atoms. The summed E-state index contributed by atoms with van der Waals surface area (Å²) in [7, 11) is -0.410. The van der Waals surface area contributed by atoms with Gasteiger partial charge in [-0.25, -0.2) is 12.7 Å². The van der Waals surface area contributed by atoms with Crippen molar-refractivity contribution in [2.24, 2.45) is 0 Å². The van der Waals surface area contributed by atoms with Crippen molar-refractivity contribution in [1.29, 1.82) is 0 Å². The quantitative estimate of drug-likeness (QED) is 0.671. The van der Waals surface area contributed by atoms with Gasteiger partial charge in [0, 0.05) is 26.3 Å². The van der Waals surface area contributed by atoms with Gasteiger partial charge in [-0.2, -0.15) is 0 Å². The lowest BCUT2D eigenvalue weighted by Crippen LogP contribution is -2.36. The number of nitrogens with two attached hydrogens (primary N) is 1. The third-order valence-corrected chi connectivity index (χ3v) is 4.32. The average molecular weight is 301 g/mol. The van der Waals surface area contributed by atoms with Gasteiger partial charge >= 0.3 is 0 Å². The van der Waals surface area contributed by atoms with Crippen molar-refractivity contribution in [3.8, 4) is 5.75 Å². The van der Waals surface area contributed by atoms with Crippen LogP contribution in [0.3, 0.4) is 0 Å². The van der Waals surface area contributed by atoms with Crippen LogP contribution < -0.4 is 15.8 Å². The summed E-state index contributed by atoms with van der Waals surface area (Å²) >= 11 is 0. The largest absolute Gasteiger partial charge is 0.484 e. The molecule has 0 aliphatic carbocycles. The SMILES string of the molecule is CN(C)S(=O)(=O)CCNC(=O)COc1ccc(N)cc1. The number of carbonyl (C=O) groups is 1. The molecule has 0 heterocycles. The molecule has 1 aromatic rings. The lowest BCUT2D eigenvalue weighted by atomic mass is 10.3. The molecule has 112 valence electrons. The third-order valence-electron chi connectivity index (χ3n) is 2.49. The van der Waals surface area contributed by atoms with Gasteiger partial charge in [0.25, 0.3) is 5.91 Å². The number of sulfonamides is 1. The van der Waals surface area contributed by atoms with Gasteiger partial charge in [-0.1, -0.05) is 0 Å². The summed E-state index contributed by atoms with van der Waals surface area (Å²) in [6.45, 7) is -0.129. The fourth-order valence-electron chi connectivity index (χ4n) is 1.27. The second-order valence-electron chi connectivity index (χ2n) is 4.31. The van der Waals surface area contributed by atoms with Gasteiger partial charge < -0.3 is 15.8 Å². The maximum Gasteiger partial charge on any atom is 0.257 e. The standard InChI is InChI=1S/C12H19N3O4S/c1-15(2)20(17,18)8-7-14-12(16)9-19-11-5-3-10(13)4-6-11/h3-6H,7-9,13H2,1-2H3,(H,14,16). The number of hydrogen-bond acceptors (Lipinski definition) is 5. The predicted octanol–water partition coefficient (Wildman–Crippen LogP) is -0.345. The number of benzene rings is 1. The number of nitrogens with one attached hydrogen (secondary N) is 1. The lowest BCUT2D eigenvalue weighted by Gasteiger charge is -2.11. The highest BCUT2D eigenvalue weighted by atomic mass is 32.2. The van der Waals surface area contributed by atoms with Crippen molar-refractivity contribution >= 4 is 21.6 Å². The number of carbonyl (C=O) groups excluding carboxylic acids is 1. The Morgan fingerprint density at radius 1 is 1.30 bits per heavy atom. The van der Waals surface area contributed by atoms with Gasteiger partial charge in [0.1, 0.15) is 5.75 Å². The van der Waals surface area contributed by atoms with Crippen LogP contribution in [-0.4, -0.2) is 51.6 Å². The highest BCUT2D eigenvalue weighted by molar-refractivity contribution is 7.89. The second kappa shape index (κ2) is 7.11. The van der Waals surface area contributed by atoms with Crippen molar-refractivity contribution in [2.45, 2.75) is 0 Å². The maximum atomic E-state index is 11.5. The van der Waals surface area contributed by atoms with Crippen LogP contribution in [0.5, 0.6) is 5.75 Å². The molecule has 1 amide bonds. The number of rotatable bonds is 7. The molecule has 0 saturated carbocycles. The van der Waals surface area contributed by atoms with E-state index in [1.807, 2.05) is 0 Å². The Morgan fingerprint density at radius 3 is 2.45 bits per heavy atom. The van der Waals surface area contributed by atoms with Crippen molar-refractivity contribution in [1.82, 2.24) is 9.62 Å². The topological polar surface area (TPSA) is 102 Å². The minimum atomic E-state index is -3.30. The van der Waals surface area contributed by atoms with E-state index in [1.165, 1.54) is 14.1 Å². The second-order valence-corrected chi connectivity index (χ2v) is 6.61. The molecule has 7 nitrogen and oxygen atoms in total. The van der Waals surface area contributed by atoms with Crippen molar-refractivity contribution in [3.05, 3.63) is 24.3 Å². The first-order chi connectivity index (χ1) is 9.31. The molecule has 1 rings (SSSR count). The number of nitrogens with zero attached hydrogens (tertiary/aromatic N) is 1. The van der Waals surface area contributed by atoms with Crippen molar-refractivity contribution in [3.63, 3.8) is 0 Å². The van der Waals surface area contributed by atoms with Crippen LogP contribution in [0, 0.1) is 0 Å². The van der Waals surface area contributed by atoms with E-state index in [1.54, 1.807) is 24.3 Å². The van der Waals surface area contributed by atoms with Crippen LogP contribution in [-0.2, 0) is 14.8 Å². The van der Waals surface area contributed by atoms with Gasteiger partial charge in [-0.05, 0) is 24.3 Å². The molecule has 0 unspecified atom stereocenters. The first-order valence-corrected chi connectivity index (χ1v) is 7.57. The number of nitrogen functional groups attached to an aromatic ring is 1. The summed E-state index contributed by atoms with van der Waals surface area (Å²) in [4.78, 5) is 11.5. The first-order valence-electron chi connectivity index (χ1n) is 5.96. The maximum absolute atomic E-state index is 11.5. The molecule has 0 fully saturated rings. The van der Waals surface area contributed by atoms with E-state index in [0.29, 0.717) is 11.4 Å². The van der Waals surface area contributed by atoms with E-state index in [9.17, 15) is 13.2 Å². The van der Waals surface area contributed by atoms with Gasteiger partial charge in [0.2, 0.25) is 10.0 Å². The normalized spacial score (nSPS) is 11.3. The zero-order chi connectivity index (χ0) is 15.2. The van der Waals surface area contributed by atoms with E-state index < -0.39 is 10.0 Å². The van der Waals surface area contributed by atoms with Gasteiger partial charge in [0.05, 0.1) is 5.75 Å². The number of hydrogen-bond donors (Lipinski definition) is 2. The Bertz CT molecular complexity index is 540. The van der Waals surface area contributed by atoms with Gasteiger partial charge in [0.15, 0.2) is 6.61 Å². The molecule has 0 spiro atoms. The van der Waals surface area contributed by atoms with Crippen LogP contribution in [0.1, 0.15) is 0 Å². The Hall–Kier alpha value is -1.80. The van der Waals surface area contributed by atoms with Crippen LogP contribution >= 0.6 is 0 Å². The minimum Gasteiger partial charge on any atom is -0.484 e. The zero-order valence-electron chi connectivity index (χ0n) is 11.5. The molecule has 0 radical (unpaired) electrons. The fourth-order valence-corrected chi connectivity index (χ4v) is 1.99. The Labute approximate surface area is 118 Å². The number of ether oxygens (including phenoxy) is 1.